The summed E-state index contributed by atoms with van der Waals surface area (Å²) in [6.07, 6.45) is -4.82. The zero-order valence-corrected chi connectivity index (χ0v) is 10.1. The molecule has 0 bridgehead atoms. The van der Waals surface area contributed by atoms with Crippen LogP contribution >= 0.6 is 11.6 Å². The third-order valence-corrected chi connectivity index (χ3v) is 2.62. The molecule has 1 aromatic rings. The number of hydrogen-bond donors (Lipinski definition) is 1. The van der Waals surface area contributed by atoms with Gasteiger partial charge in [-0.25, -0.2) is 4.39 Å². The maximum absolute atomic E-state index is 13.0. The van der Waals surface area contributed by atoms with Gasteiger partial charge in [-0.15, -0.1) is 11.6 Å². The number of amides is 1. The van der Waals surface area contributed by atoms with Crippen LogP contribution in [0.5, 0.6) is 0 Å². The Bertz CT molecular complexity index is 447. The Balaban J connectivity index is 3.09. The van der Waals surface area contributed by atoms with E-state index >= 15 is 0 Å². The summed E-state index contributed by atoms with van der Waals surface area (Å²) in [4.78, 5) is 11.4. The summed E-state index contributed by atoms with van der Waals surface area (Å²) >= 11 is 5.71. The molecule has 1 rings (SSSR count). The molecule has 7 heteroatoms. The molecule has 0 radical (unpaired) electrons. The minimum atomic E-state index is -4.82. The van der Waals surface area contributed by atoms with E-state index in [2.05, 4.69) is 5.32 Å². The molecule has 0 aliphatic rings. The van der Waals surface area contributed by atoms with Crippen LogP contribution in [0.2, 0.25) is 0 Å². The number of nitrogens with one attached hydrogen (secondary N) is 1. The molecule has 0 fully saturated rings. The van der Waals surface area contributed by atoms with Gasteiger partial charge in [-0.05, 0) is 24.6 Å². The fourth-order valence-electron chi connectivity index (χ4n) is 1.33. The predicted octanol–water partition coefficient (Wildman–Crippen LogP) is 3.26. The molecule has 1 amide bonds. The van der Waals surface area contributed by atoms with Gasteiger partial charge in [0.05, 0.1) is 5.56 Å². The number of likely N-dealkylation sites (N-methyl/N-ethyl adjacent to an activating group) is 1. The summed E-state index contributed by atoms with van der Waals surface area (Å²) in [6.45, 7) is 1.95. The van der Waals surface area contributed by atoms with Crippen molar-refractivity contribution in [3.63, 3.8) is 0 Å². The average Bonchev–Trinajstić information content (AvgIpc) is 2.27. The monoisotopic (exact) mass is 283 g/mol. The van der Waals surface area contributed by atoms with Crippen molar-refractivity contribution in [2.75, 3.05) is 6.54 Å². The van der Waals surface area contributed by atoms with Crippen molar-refractivity contribution in [3.05, 3.63) is 35.1 Å². The first kappa shape index (κ1) is 14.8. The molecule has 0 heterocycles. The van der Waals surface area contributed by atoms with Gasteiger partial charge in [-0.1, -0.05) is 6.07 Å². The van der Waals surface area contributed by atoms with Gasteiger partial charge in [0.2, 0.25) is 5.91 Å². The van der Waals surface area contributed by atoms with Gasteiger partial charge in [0.25, 0.3) is 0 Å². The molecule has 100 valence electrons. The smallest absolute Gasteiger partial charge is 0.355 e. The third-order valence-electron chi connectivity index (χ3n) is 2.17. The Morgan fingerprint density at radius 2 is 2.06 bits per heavy atom. The van der Waals surface area contributed by atoms with Crippen LogP contribution in [0.3, 0.4) is 0 Å². The summed E-state index contributed by atoms with van der Waals surface area (Å²) in [7, 11) is 0. The molecule has 0 aliphatic heterocycles. The summed E-state index contributed by atoms with van der Waals surface area (Å²) in [5, 5.41) is 1.09. The molecule has 2 nitrogen and oxygen atoms in total. The summed E-state index contributed by atoms with van der Waals surface area (Å²) < 4.78 is 50.4. The Hall–Kier alpha value is -1.30. The zero-order chi connectivity index (χ0) is 13.9. The van der Waals surface area contributed by atoms with Crippen LogP contribution in [-0.2, 0) is 11.0 Å². The van der Waals surface area contributed by atoms with E-state index in [0.29, 0.717) is 18.7 Å². The SMILES string of the molecule is CCNC(=O)C(Cl)c1ccc(F)c(C(F)(F)F)c1. The van der Waals surface area contributed by atoms with E-state index in [1.54, 1.807) is 6.92 Å². The largest absolute Gasteiger partial charge is 0.419 e. The van der Waals surface area contributed by atoms with E-state index in [0.717, 1.165) is 6.07 Å². The highest BCUT2D eigenvalue weighted by molar-refractivity contribution is 6.30. The minimum absolute atomic E-state index is 0.101. The molecule has 0 spiro atoms. The predicted molar refractivity (Wildman–Crippen MR) is 58.7 cm³/mol. The maximum atomic E-state index is 13.0. The van der Waals surface area contributed by atoms with E-state index in [-0.39, 0.29) is 5.56 Å². The van der Waals surface area contributed by atoms with Crippen molar-refractivity contribution in [1.29, 1.82) is 0 Å². The van der Waals surface area contributed by atoms with Crippen LogP contribution in [0.25, 0.3) is 0 Å². The van der Waals surface area contributed by atoms with Crippen molar-refractivity contribution < 1.29 is 22.4 Å². The quantitative estimate of drug-likeness (QED) is 0.669. The van der Waals surface area contributed by atoms with Gasteiger partial charge in [-0.2, -0.15) is 13.2 Å². The number of rotatable bonds is 3. The molecule has 1 N–H and O–H groups in total. The van der Waals surface area contributed by atoms with Gasteiger partial charge >= 0.3 is 6.18 Å². The Labute approximate surface area is 106 Å². The van der Waals surface area contributed by atoms with Gasteiger partial charge in [0.1, 0.15) is 11.2 Å². The van der Waals surface area contributed by atoms with Crippen LogP contribution < -0.4 is 5.32 Å². The van der Waals surface area contributed by atoms with Crippen LogP contribution in [0.15, 0.2) is 18.2 Å². The average molecular weight is 284 g/mol. The molecule has 0 aromatic heterocycles. The third kappa shape index (κ3) is 3.35. The summed E-state index contributed by atoms with van der Waals surface area (Å²) in [6, 6.07) is 2.24. The standard InChI is InChI=1S/C11H10ClF4NO/c1-2-17-10(18)9(12)6-3-4-8(13)7(5-6)11(14,15)16/h3-5,9H,2H2,1H3,(H,17,18). The lowest BCUT2D eigenvalue weighted by Crippen LogP contribution is -2.26. The first-order valence-corrected chi connectivity index (χ1v) is 5.49. The Kier molecular flexibility index (Phi) is 4.56. The number of benzene rings is 1. The summed E-state index contributed by atoms with van der Waals surface area (Å²) in [5.41, 5.74) is -1.54. The first-order valence-electron chi connectivity index (χ1n) is 5.05. The van der Waals surface area contributed by atoms with Gasteiger partial charge in [0, 0.05) is 6.54 Å². The number of hydrogen-bond acceptors (Lipinski definition) is 1. The second kappa shape index (κ2) is 5.56. The molecular formula is C11H10ClF4NO. The zero-order valence-electron chi connectivity index (χ0n) is 9.31. The van der Waals surface area contributed by atoms with Crippen LogP contribution in [0.1, 0.15) is 23.4 Å². The van der Waals surface area contributed by atoms with Crippen molar-refractivity contribution in [3.8, 4) is 0 Å². The second-order valence-corrected chi connectivity index (χ2v) is 3.93. The summed E-state index contributed by atoms with van der Waals surface area (Å²) in [5.74, 6) is -2.02. The molecule has 0 saturated carbocycles. The van der Waals surface area contributed by atoms with Crippen LogP contribution in [-0.4, -0.2) is 12.5 Å². The number of carbonyl (C=O) groups excluding carboxylic acids is 1. The lowest BCUT2D eigenvalue weighted by molar-refractivity contribution is -0.140. The molecule has 18 heavy (non-hydrogen) atoms. The van der Waals surface area contributed by atoms with E-state index in [9.17, 15) is 22.4 Å². The first-order chi connectivity index (χ1) is 8.27. The van der Waals surface area contributed by atoms with Crippen molar-refractivity contribution in [1.82, 2.24) is 5.32 Å². The highest BCUT2D eigenvalue weighted by atomic mass is 35.5. The van der Waals surface area contributed by atoms with E-state index in [1.807, 2.05) is 0 Å². The fourth-order valence-corrected chi connectivity index (χ4v) is 1.55. The Morgan fingerprint density at radius 1 is 1.44 bits per heavy atom. The topological polar surface area (TPSA) is 29.1 Å². The highest BCUT2D eigenvalue weighted by Gasteiger charge is 2.35. The molecular weight excluding hydrogens is 274 g/mol. The second-order valence-electron chi connectivity index (χ2n) is 3.49. The normalized spacial score (nSPS) is 13.2. The molecule has 0 saturated heterocycles. The van der Waals surface area contributed by atoms with Crippen molar-refractivity contribution >= 4 is 17.5 Å². The maximum Gasteiger partial charge on any atom is 0.419 e. The van der Waals surface area contributed by atoms with E-state index in [1.165, 1.54) is 0 Å². The lowest BCUT2D eigenvalue weighted by atomic mass is 10.1. The molecule has 0 aliphatic carbocycles. The molecule has 1 aromatic carbocycles. The van der Waals surface area contributed by atoms with E-state index in [4.69, 9.17) is 11.6 Å². The molecule has 1 unspecified atom stereocenters. The van der Waals surface area contributed by atoms with Gasteiger partial charge in [-0.3, -0.25) is 4.79 Å². The minimum Gasteiger partial charge on any atom is -0.355 e. The number of alkyl halides is 4. The fraction of sp³-hybridized carbons (Fsp3) is 0.364. The van der Waals surface area contributed by atoms with Gasteiger partial charge < -0.3 is 5.32 Å². The van der Waals surface area contributed by atoms with Crippen molar-refractivity contribution in [2.45, 2.75) is 18.5 Å². The van der Waals surface area contributed by atoms with Gasteiger partial charge in [0.15, 0.2) is 0 Å². The highest BCUT2D eigenvalue weighted by Crippen LogP contribution is 2.34. The molecule has 1 atom stereocenters. The Morgan fingerprint density at radius 3 is 2.56 bits per heavy atom. The number of halogens is 5. The van der Waals surface area contributed by atoms with Crippen molar-refractivity contribution in [2.24, 2.45) is 0 Å². The number of carbonyl (C=O) groups is 1. The lowest BCUT2D eigenvalue weighted by Gasteiger charge is -2.13. The van der Waals surface area contributed by atoms with Crippen LogP contribution in [0.4, 0.5) is 17.6 Å². The van der Waals surface area contributed by atoms with Crippen LogP contribution in [0, 0.1) is 5.82 Å². The van der Waals surface area contributed by atoms with E-state index < -0.39 is 28.8 Å².